The molecule has 0 aromatic carbocycles. The summed E-state index contributed by atoms with van der Waals surface area (Å²) in [5.41, 5.74) is 0. The minimum absolute atomic E-state index is 0. The van der Waals surface area contributed by atoms with E-state index in [2.05, 4.69) is 20.3 Å². The molecule has 0 aliphatic heterocycles. The molecular weight excluding hydrogens is 111 g/mol. The summed E-state index contributed by atoms with van der Waals surface area (Å²) in [5, 5.41) is 0. The van der Waals surface area contributed by atoms with Gasteiger partial charge >= 0.3 is 51.4 Å². The maximum absolute atomic E-state index is 2.21. The Bertz CT molecular complexity index is 16.1. The van der Waals surface area contributed by atoms with Gasteiger partial charge in [-0.05, 0) is 0 Å². The molecule has 0 nitrogen and oxygen atoms in total. The molecule has 0 N–H and O–H groups in total. The van der Waals surface area contributed by atoms with Crippen LogP contribution in [0.4, 0.5) is 0 Å². The maximum Gasteiger partial charge on any atom is 1.00 e. The molecule has 0 fully saturated rings. The Kier molecular flexibility index (Phi) is 17.3. The van der Waals surface area contributed by atoms with Gasteiger partial charge in [0.1, 0.15) is 0 Å². The Balaban J connectivity index is 0. The first-order valence-corrected chi connectivity index (χ1v) is 2.69. The van der Waals surface area contributed by atoms with Gasteiger partial charge in [0, 0.05) is 0 Å². The summed E-state index contributed by atoms with van der Waals surface area (Å²) in [6.45, 7) is 4.32. The molecule has 1 heteroatoms. The zero-order chi connectivity index (χ0) is 4.83. The minimum Gasteiger partial charge on any atom is -0.332 e. The van der Waals surface area contributed by atoms with Gasteiger partial charge in [-0.3, -0.25) is 0 Å². The molecule has 0 atom stereocenters. The zero-order valence-corrected chi connectivity index (χ0v) is 8.82. The molecule has 0 saturated carbocycles. The molecular formula is C6H13K. The van der Waals surface area contributed by atoms with E-state index in [9.17, 15) is 0 Å². The standard InChI is InChI=1S/C6H13.K/c1-3-5-6-4-2;/h3H,4-6H2,1-2H3;/q-1;+1. The fourth-order valence-electron chi connectivity index (χ4n) is 0.408. The van der Waals surface area contributed by atoms with Crippen LogP contribution >= 0.6 is 0 Å². The van der Waals surface area contributed by atoms with E-state index in [1.165, 1.54) is 19.3 Å². The van der Waals surface area contributed by atoms with Gasteiger partial charge in [0.25, 0.3) is 0 Å². The van der Waals surface area contributed by atoms with E-state index in [1.54, 1.807) is 0 Å². The second-order valence-electron chi connectivity index (χ2n) is 1.55. The van der Waals surface area contributed by atoms with Crippen LogP contribution in [0.2, 0.25) is 0 Å². The second-order valence-corrected chi connectivity index (χ2v) is 1.55. The van der Waals surface area contributed by atoms with E-state index >= 15 is 0 Å². The van der Waals surface area contributed by atoms with Crippen LogP contribution in [0.15, 0.2) is 0 Å². The molecule has 0 aromatic heterocycles. The van der Waals surface area contributed by atoms with Crippen LogP contribution < -0.4 is 51.4 Å². The monoisotopic (exact) mass is 124 g/mol. The van der Waals surface area contributed by atoms with Crippen LogP contribution in [0, 0.1) is 6.42 Å². The topological polar surface area (TPSA) is 0 Å². The third-order valence-electron chi connectivity index (χ3n) is 0.846. The Morgan fingerprint density at radius 3 is 2.14 bits per heavy atom. The summed E-state index contributed by atoms with van der Waals surface area (Å²) >= 11 is 0. The van der Waals surface area contributed by atoms with Crippen LogP contribution in [-0.4, -0.2) is 0 Å². The van der Waals surface area contributed by atoms with Gasteiger partial charge < -0.3 is 6.42 Å². The first kappa shape index (κ1) is 11.4. The maximum atomic E-state index is 2.21. The molecule has 7 heavy (non-hydrogen) atoms. The van der Waals surface area contributed by atoms with E-state index in [4.69, 9.17) is 0 Å². The Morgan fingerprint density at radius 1 is 1.43 bits per heavy atom. The van der Waals surface area contributed by atoms with Gasteiger partial charge in [0.15, 0.2) is 0 Å². The predicted molar refractivity (Wildman–Crippen MR) is 29.5 cm³/mol. The molecule has 0 radical (unpaired) electrons. The van der Waals surface area contributed by atoms with Crippen molar-refractivity contribution in [2.24, 2.45) is 0 Å². The van der Waals surface area contributed by atoms with Crippen molar-refractivity contribution in [1.29, 1.82) is 0 Å². The summed E-state index contributed by atoms with van der Waals surface area (Å²) in [4.78, 5) is 0. The van der Waals surface area contributed by atoms with Crippen LogP contribution in [0.1, 0.15) is 33.1 Å². The van der Waals surface area contributed by atoms with Crippen molar-refractivity contribution in [3.63, 3.8) is 0 Å². The molecule has 0 rings (SSSR count). The van der Waals surface area contributed by atoms with Crippen molar-refractivity contribution in [1.82, 2.24) is 0 Å². The van der Waals surface area contributed by atoms with Crippen LogP contribution in [0.5, 0.6) is 0 Å². The molecule has 0 aromatic rings. The van der Waals surface area contributed by atoms with E-state index in [-0.39, 0.29) is 51.4 Å². The fraction of sp³-hybridized carbons (Fsp3) is 0.833. The third kappa shape index (κ3) is 11.3. The van der Waals surface area contributed by atoms with Crippen LogP contribution in [-0.2, 0) is 0 Å². The normalized spacial score (nSPS) is 7.71. The zero-order valence-electron chi connectivity index (χ0n) is 5.70. The summed E-state index contributed by atoms with van der Waals surface area (Å²) in [6.07, 6.45) is 6.18. The molecule has 0 aliphatic carbocycles. The van der Waals surface area contributed by atoms with Crippen molar-refractivity contribution >= 4 is 0 Å². The second kappa shape index (κ2) is 10.6. The van der Waals surface area contributed by atoms with Crippen molar-refractivity contribution in [3.8, 4) is 0 Å². The summed E-state index contributed by atoms with van der Waals surface area (Å²) in [6, 6.07) is 0. The van der Waals surface area contributed by atoms with Gasteiger partial charge in [-0.1, -0.05) is 19.8 Å². The third-order valence-corrected chi connectivity index (χ3v) is 0.846. The SMILES string of the molecule is C[CH-]CCCC.[K+]. The minimum atomic E-state index is 0. The Hall–Kier alpha value is 1.64. The smallest absolute Gasteiger partial charge is 0.332 e. The van der Waals surface area contributed by atoms with Gasteiger partial charge in [0.2, 0.25) is 0 Å². The van der Waals surface area contributed by atoms with Crippen molar-refractivity contribution in [3.05, 3.63) is 6.42 Å². The number of rotatable bonds is 3. The van der Waals surface area contributed by atoms with Gasteiger partial charge in [0.05, 0.1) is 0 Å². The van der Waals surface area contributed by atoms with E-state index in [1.807, 2.05) is 0 Å². The first-order valence-electron chi connectivity index (χ1n) is 2.69. The summed E-state index contributed by atoms with van der Waals surface area (Å²) < 4.78 is 0. The molecule has 0 amide bonds. The van der Waals surface area contributed by atoms with Gasteiger partial charge in [-0.25, -0.2) is 0 Å². The molecule has 0 spiro atoms. The van der Waals surface area contributed by atoms with Crippen LogP contribution in [0.25, 0.3) is 0 Å². The molecule has 0 heterocycles. The summed E-state index contributed by atoms with van der Waals surface area (Å²) in [5.74, 6) is 0. The first-order chi connectivity index (χ1) is 2.91. The van der Waals surface area contributed by atoms with Crippen molar-refractivity contribution in [2.75, 3.05) is 0 Å². The van der Waals surface area contributed by atoms with E-state index in [0.717, 1.165) is 0 Å². The Morgan fingerprint density at radius 2 is 2.00 bits per heavy atom. The van der Waals surface area contributed by atoms with E-state index in [0.29, 0.717) is 0 Å². The van der Waals surface area contributed by atoms with Gasteiger partial charge in [-0.15, -0.1) is 0 Å². The largest absolute Gasteiger partial charge is 1.00 e. The van der Waals surface area contributed by atoms with Crippen molar-refractivity contribution < 1.29 is 51.4 Å². The molecule has 0 aliphatic rings. The van der Waals surface area contributed by atoms with Crippen molar-refractivity contribution in [2.45, 2.75) is 33.1 Å². The quantitative estimate of drug-likeness (QED) is 0.268. The number of hydrogen-bond donors (Lipinski definition) is 0. The average Bonchev–Trinajstić information content (AvgIpc) is 1.61. The number of unbranched alkanes of at least 4 members (excludes halogenated alkanes) is 3. The molecule has 38 valence electrons. The fourth-order valence-corrected chi connectivity index (χ4v) is 0.408. The van der Waals surface area contributed by atoms with E-state index < -0.39 is 0 Å². The predicted octanol–water partition coefficient (Wildman–Crippen LogP) is -0.595. The molecule has 0 unspecified atom stereocenters. The van der Waals surface area contributed by atoms with Gasteiger partial charge in [-0.2, -0.15) is 13.3 Å². The Labute approximate surface area is 89.5 Å². The molecule has 0 saturated heterocycles. The summed E-state index contributed by atoms with van der Waals surface area (Å²) in [7, 11) is 0. The molecule has 0 bridgehead atoms. The van der Waals surface area contributed by atoms with Crippen LogP contribution in [0.3, 0.4) is 0 Å². The number of hydrogen-bond acceptors (Lipinski definition) is 0. The average molecular weight is 124 g/mol.